The average molecular weight is 205 g/mol. The second-order valence-electron chi connectivity index (χ2n) is 3.09. The number of nitrogens with zero attached hydrogens (tertiary/aromatic N) is 1. The van der Waals surface area contributed by atoms with Gasteiger partial charge < -0.3 is 26.5 Å². The van der Waals surface area contributed by atoms with Gasteiger partial charge in [0.05, 0.1) is 12.7 Å². The van der Waals surface area contributed by atoms with E-state index in [1.165, 1.54) is 0 Å². The largest absolute Gasteiger partial charge is 0.409 e. The van der Waals surface area contributed by atoms with Gasteiger partial charge in [0, 0.05) is 13.0 Å². The number of amidine groups is 1. The highest BCUT2D eigenvalue weighted by Gasteiger charge is 1.99. The molecule has 0 heterocycles. The number of oxime groups is 1. The van der Waals surface area contributed by atoms with Crippen molar-refractivity contribution in [3.05, 3.63) is 0 Å². The van der Waals surface area contributed by atoms with Gasteiger partial charge in [-0.15, -0.1) is 0 Å². The number of unbranched alkanes of at least 4 members (excludes halogenated alkanes) is 1. The van der Waals surface area contributed by atoms with E-state index < -0.39 is 6.10 Å². The first-order valence-electron chi connectivity index (χ1n) is 4.66. The van der Waals surface area contributed by atoms with E-state index >= 15 is 0 Å². The Labute approximate surface area is 83.4 Å². The maximum absolute atomic E-state index is 8.96. The van der Waals surface area contributed by atoms with Crippen molar-refractivity contribution in [1.82, 2.24) is 5.32 Å². The maximum atomic E-state index is 8.96. The Morgan fingerprint density at radius 1 is 1.43 bits per heavy atom. The van der Waals surface area contributed by atoms with E-state index in [0.29, 0.717) is 13.0 Å². The quantitative estimate of drug-likeness (QED) is 0.113. The smallest absolute Gasteiger partial charge is 0.139 e. The zero-order valence-corrected chi connectivity index (χ0v) is 8.19. The Bertz CT molecular complexity index is 164. The molecule has 0 aromatic heterocycles. The summed E-state index contributed by atoms with van der Waals surface area (Å²) in [6.07, 6.45) is 1.59. The van der Waals surface area contributed by atoms with Crippen LogP contribution in [0.3, 0.4) is 0 Å². The lowest BCUT2D eigenvalue weighted by Crippen LogP contribution is -2.30. The summed E-state index contributed by atoms with van der Waals surface area (Å²) in [5.74, 6) is 0.236. The number of hydrogen-bond acceptors (Lipinski definition) is 5. The van der Waals surface area contributed by atoms with E-state index in [2.05, 4.69) is 10.5 Å². The summed E-state index contributed by atoms with van der Waals surface area (Å²) in [5, 5.41) is 31.5. The minimum absolute atomic E-state index is 0.225. The van der Waals surface area contributed by atoms with Crippen molar-refractivity contribution in [3.8, 4) is 0 Å². The van der Waals surface area contributed by atoms with E-state index in [0.717, 1.165) is 19.4 Å². The molecule has 0 amide bonds. The normalized spacial score (nSPS) is 14.3. The summed E-state index contributed by atoms with van der Waals surface area (Å²) in [5.41, 5.74) is 5.26. The molecule has 0 aromatic carbocycles. The number of hydrogen-bond donors (Lipinski definition) is 5. The molecule has 6 nitrogen and oxygen atoms in total. The topological polar surface area (TPSA) is 111 Å². The Morgan fingerprint density at radius 2 is 2.14 bits per heavy atom. The highest BCUT2D eigenvalue weighted by molar-refractivity contribution is 5.79. The van der Waals surface area contributed by atoms with E-state index in [1.54, 1.807) is 0 Å². The molecule has 0 fully saturated rings. The number of nitrogens with one attached hydrogen (secondary N) is 1. The standard InChI is InChI=1S/C8H19N3O3/c9-8(11-14)3-1-2-4-10-5-7(13)6-12/h7,10,12-14H,1-6H2,(H2,9,11). The third-order valence-corrected chi connectivity index (χ3v) is 1.76. The molecule has 0 radical (unpaired) electrons. The van der Waals surface area contributed by atoms with Gasteiger partial charge in [0.25, 0.3) is 0 Å². The average Bonchev–Trinajstić information content (AvgIpc) is 2.22. The molecule has 0 spiro atoms. The number of rotatable bonds is 8. The SMILES string of the molecule is NC(CCCCNCC(O)CO)=NO. The van der Waals surface area contributed by atoms with Crippen LogP contribution in [0.5, 0.6) is 0 Å². The van der Waals surface area contributed by atoms with Crippen molar-refractivity contribution < 1.29 is 15.4 Å². The fourth-order valence-corrected chi connectivity index (χ4v) is 0.939. The second kappa shape index (κ2) is 8.74. The highest BCUT2D eigenvalue weighted by atomic mass is 16.4. The molecule has 14 heavy (non-hydrogen) atoms. The molecule has 0 aromatic rings. The molecular weight excluding hydrogens is 186 g/mol. The van der Waals surface area contributed by atoms with Crippen LogP contribution in [0.4, 0.5) is 0 Å². The summed E-state index contributed by atoms with van der Waals surface area (Å²) in [6, 6.07) is 0. The fraction of sp³-hybridized carbons (Fsp3) is 0.875. The van der Waals surface area contributed by atoms with Gasteiger partial charge >= 0.3 is 0 Å². The monoisotopic (exact) mass is 205 g/mol. The zero-order valence-electron chi connectivity index (χ0n) is 8.19. The van der Waals surface area contributed by atoms with E-state index in [9.17, 15) is 0 Å². The second-order valence-corrected chi connectivity index (χ2v) is 3.09. The van der Waals surface area contributed by atoms with Gasteiger partial charge in [-0.1, -0.05) is 5.16 Å². The van der Waals surface area contributed by atoms with E-state index in [4.69, 9.17) is 21.2 Å². The lowest BCUT2D eigenvalue weighted by Gasteiger charge is -2.08. The molecular formula is C8H19N3O3. The number of aliphatic hydroxyl groups is 2. The van der Waals surface area contributed by atoms with Crippen LogP contribution in [0.25, 0.3) is 0 Å². The van der Waals surface area contributed by atoms with Gasteiger partial charge in [-0.05, 0) is 19.4 Å². The third-order valence-electron chi connectivity index (χ3n) is 1.76. The first-order valence-corrected chi connectivity index (χ1v) is 4.66. The van der Waals surface area contributed by atoms with Gasteiger partial charge in [-0.3, -0.25) is 0 Å². The first kappa shape index (κ1) is 13.2. The molecule has 1 unspecified atom stereocenters. The molecule has 84 valence electrons. The van der Waals surface area contributed by atoms with E-state index in [1.807, 2.05) is 0 Å². The summed E-state index contributed by atoms with van der Waals surface area (Å²) < 4.78 is 0. The third kappa shape index (κ3) is 7.78. The molecule has 0 aliphatic rings. The van der Waals surface area contributed by atoms with Crippen LogP contribution in [0.2, 0.25) is 0 Å². The summed E-state index contributed by atoms with van der Waals surface area (Å²) >= 11 is 0. The van der Waals surface area contributed by atoms with Gasteiger partial charge in [-0.2, -0.15) is 0 Å². The molecule has 6 N–H and O–H groups in total. The summed E-state index contributed by atoms with van der Waals surface area (Å²) in [7, 11) is 0. The molecule has 0 rings (SSSR count). The highest BCUT2D eigenvalue weighted by Crippen LogP contribution is 1.93. The molecule has 0 bridgehead atoms. The van der Waals surface area contributed by atoms with Gasteiger partial charge in [-0.25, -0.2) is 0 Å². The van der Waals surface area contributed by atoms with Crippen LogP contribution in [-0.2, 0) is 0 Å². The van der Waals surface area contributed by atoms with Crippen LogP contribution in [0, 0.1) is 0 Å². The Hall–Kier alpha value is -0.850. The van der Waals surface area contributed by atoms with Crippen molar-refractivity contribution in [3.63, 3.8) is 0 Å². The van der Waals surface area contributed by atoms with E-state index in [-0.39, 0.29) is 12.4 Å². The van der Waals surface area contributed by atoms with Gasteiger partial charge in [0.1, 0.15) is 5.84 Å². The first-order chi connectivity index (χ1) is 6.70. The van der Waals surface area contributed by atoms with Crippen LogP contribution >= 0.6 is 0 Å². The Kier molecular flexibility index (Phi) is 8.20. The van der Waals surface area contributed by atoms with Crippen molar-refractivity contribution in [2.45, 2.75) is 25.4 Å². The van der Waals surface area contributed by atoms with Crippen LogP contribution in [-0.4, -0.2) is 47.1 Å². The lowest BCUT2D eigenvalue weighted by atomic mass is 10.2. The number of aliphatic hydroxyl groups excluding tert-OH is 2. The number of nitrogens with two attached hydrogens (primary N) is 1. The van der Waals surface area contributed by atoms with Crippen molar-refractivity contribution >= 4 is 5.84 Å². The molecule has 0 aliphatic carbocycles. The van der Waals surface area contributed by atoms with Crippen LogP contribution < -0.4 is 11.1 Å². The molecule has 6 heteroatoms. The fourth-order valence-electron chi connectivity index (χ4n) is 0.939. The van der Waals surface area contributed by atoms with Crippen molar-refractivity contribution in [2.24, 2.45) is 10.9 Å². The predicted molar refractivity (Wildman–Crippen MR) is 53.2 cm³/mol. The summed E-state index contributed by atoms with van der Waals surface area (Å²) in [4.78, 5) is 0. The molecule has 1 atom stereocenters. The maximum Gasteiger partial charge on any atom is 0.139 e. The zero-order chi connectivity index (χ0) is 10.8. The lowest BCUT2D eigenvalue weighted by molar-refractivity contribution is 0.0945. The Balaban J connectivity index is 3.14. The predicted octanol–water partition coefficient (Wildman–Crippen LogP) is -1.15. The minimum Gasteiger partial charge on any atom is -0.409 e. The summed E-state index contributed by atoms with van der Waals surface area (Å²) in [6.45, 7) is 0.910. The molecule has 0 aliphatic heterocycles. The van der Waals surface area contributed by atoms with Crippen LogP contribution in [0.15, 0.2) is 5.16 Å². The Morgan fingerprint density at radius 3 is 2.71 bits per heavy atom. The van der Waals surface area contributed by atoms with Gasteiger partial charge in [0.15, 0.2) is 0 Å². The van der Waals surface area contributed by atoms with Crippen molar-refractivity contribution in [1.29, 1.82) is 0 Å². The minimum atomic E-state index is -0.695. The van der Waals surface area contributed by atoms with Crippen LogP contribution in [0.1, 0.15) is 19.3 Å². The molecule has 0 saturated carbocycles. The van der Waals surface area contributed by atoms with Gasteiger partial charge in [0.2, 0.25) is 0 Å². The molecule has 0 saturated heterocycles. The van der Waals surface area contributed by atoms with Crippen molar-refractivity contribution in [2.75, 3.05) is 19.7 Å².